The first-order chi connectivity index (χ1) is 24.8. The number of benzene rings is 3. The molecule has 1 saturated heterocycles. The number of carbonyl (C=O) groups excluding carboxylic acids is 2. The molecule has 1 aliphatic heterocycles. The summed E-state index contributed by atoms with van der Waals surface area (Å²) in [5.74, 6) is -1.59. The summed E-state index contributed by atoms with van der Waals surface area (Å²) < 4.78 is 44.0. The van der Waals surface area contributed by atoms with Crippen LogP contribution in [0.2, 0.25) is 0 Å². The van der Waals surface area contributed by atoms with Crippen LogP contribution in [-0.4, -0.2) is 97.5 Å². The number of nitrogens with one attached hydrogen (secondary N) is 1. The highest BCUT2D eigenvalue weighted by Crippen LogP contribution is 2.36. The van der Waals surface area contributed by atoms with Gasteiger partial charge in [0.25, 0.3) is 0 Å². The molecule has 1 amide bonds. The van der Waals surface area contributed by atoms with E-state index < -0.39 is 66.9 Å². The Bertz CT molecular complexity index is 1480. The zero-order valence-corrected chi connectivity index (χ0v) is 29.2. The third-order valence-corrected chi connectivity index (χ3v) is 9.13. The maximum atomic E-state index is 12.6. The van der Waals surface area contributed by atoms with Gasteiger partial charge in [-0.2, -0.15) is 0 Å². The van der Waals surface area contributed by atoms with Crippen molar-refractivity contribution in [3.05, 3.63) is 108 Å². The lowest BCUT2D eigenvalue weighted by Crippen LogP contribution is -2.67. The first-order valence-electron chi connectivity index (χ1n) is 17.3. The molecule has 0 radical (unpaired) electrons. The van der Waals surface area contributed by atoms with Gasteiger partial charge in [-0.1, -0.05) is 91.0 Å². The van der Waals surface area contributed by atoms with E-state index in [4.69, 9.17) is 33.2 Å². The van der Waals surface area contributed by atoms with E-state index in [-0.39, 0.29) is 38.8 Å². The number of ether oxygens (including phenoxy) is 7. The molecule has 0 unspecified atom stereocenters. The van der Waals surface area contributed by atoms with Gasteiger partial charge in [0.05, 0.1) is 38.6 Å². The third kappa shape index (κ3) is 10.7. The van der Waals surface area contributed by atoms with Gasteiger partial charge in [-0.05, 0) is 23.1 Å². The Morgan fingerprint density at radius 2 is 1.33 bits per heavy atom. The summed E-state index contributed by atoms with van der Waals surface area (Å²) in [6.45, 7) is 2.96. The topological polar surface area (TPSA) is 151 Å². The molecule has 3 N–H and O–H groups in total. The molecule has 51 heavy (non-hydrogen) atoms. The minimum absolute atomic E-state index is 0.0579. The predicted molar refractivity (Wildman–Crippen MR) is 185 cm³/mol. The maximum absolute atomic E-state index is 12.6. The van der Waals surface area contributed by atoms with Crippen LogP contribution in [0, 0.1) is 5.92 Å². The lowest BCUT2D eigenvalue weighted by molar-refractivity contribution is -0.303. The smallest absolute Gasteiger partial charge is 0.303 e. The molecular weight excluding hydrogens is 658 g/mol. The Kier molecular flexibility index (Phi) is 14.5. The number of amides is 1. The first-order valence-corrected chi connectivity index (χ1v) is 17.3. The lowest BCUT2D eigenvalue weighted by Gasteiger charge is -2.49. The number of rotatable bonds is 16. The summed E-state index contributed by atoms with van der Waals surface area (Å²) in [6.07, 6.45) is -7.51. The van der Waals surface area contributed by atoms with Crippen LogP contribution in [-0.2, 0) is 62.6 Å². The Hall–Kier alpha value is -3.72. The second kappa shape index (κ2) is 19.2. The summed E-state index contributed by atoms with van der Waals surface area (Å²) in [7, 11) is 1.48. The van der Waals surface area contributed by atoms with Crippen molar-refractivity contribution in [2.24, 2.45) is 5.92 Å². The van der Waals surface area contributed by atoms with Crippen LogP contribution in [0.25, 0.3) is 0 Å². The van der Waals surface area contributed by atoms with Crippen molar-refractivity contribution in [3.8, 4) is 0 Å². The number of aliphatic hydroxyl groups is 2. The van der Waals surface area contributed by atoms with Crippen molar-refractivity contribution in [2.45, 2.75) is 95.1 Å². The minimum atomic E-state index is -1.16. The number of methoxy groups -OCH3 is 1. The monoisotopic (exact) mass is 707 g/mol. The van der Waals surface area contributed by atoms with Gasteiger partial charge >= 0.3 is 5.97 Å². The lowest BCUT2D eigenvalue weighted by atomic mass is 9.80. The van der Waals surface area contributed by atoms with Crippen molar-refractivity contribution in [1.82, 2.24) is 5.32 Å². The third-order valence-electron chi connectivity index (χ3n) is 9.13. The van der Waals surface area contributed by atoms with Crippen LogP contribution >= 0.6 is 0 Å². The summed E-state index contributed by atoms with van der Waals surface area (Å²) in [4.78, 5) is 25.1. The zero-order chi connectivity index (χ0) is 36.2. The van der Waals surface area contributed by atoms with E-state index in [1.807, 2.05) is 91.0 Å². The van der Waals surface area contributed by atoms with Crippen molar-refractivity contribution < 1.29 is 53.0 Å². The summed E-state index contributed by atoms with van der Waals surface area (Å²) in [6, 6.07) is 27.8. The highest BCUT2D eigenvalue weighted by molar-refractivity contribution is 5.73. The average molecular weight is 708 g/mol. The number of esters is 1. The van der Waals surface area contributed by atoms with E-state index in [1.54, 1.807) is 0 Å². The van der Waals surface area contributed by atoms with E-state index in [0.29, 0.717) is 6.61 Å². The molecule has 276 valence electrons. The standard InChI is InChI=1S/C39H49NO11/c1-25(42)40-33-37(47-22-28-15-9-5-10-16-28)36(32(51-39(33)45-3)24-46-21-27-13-7-4-8-14-27)50-31-19-30(20-41)34(44)38(35(31)49-26(2)43)48-23-29-17-11-6-12-18-29/h4-18,30-39,41,44H,19-24H2,1-3H3,(H,40,42)/t30-,31-,32-,33-,34-,35+,36-,37-,38+,39-/m1/s1. The molecule has 1 aliphatic carbocycles. The number of hydrogen-bond acceptors (Lipinski definition) is 11. The van der Waals surface area contributed by atoms with Crippen molar-refractivity contribution in [1.29, 1.82) is 0 Å². The molecule has 3 aromatic rings. The first kappa shape index (κ1) is 38.5. The van der Waals surface area contributed by atoms with Crippen LogP contribution in [0.5, 0.6) is 0 Å². The summed E-state index contributed by atoms with van der Waals surface area (Å²) in [5.41, 5.74) is 2.70. The molecular formula is C39H49NO11. The van der Waals surface area contributed by atoms with Crippen LogP contribution in [0.3, 0.4) is 0 Å². The fourth-order valence-electron chi connectivity index (χ4n) is 6.68. The van der Waals surface area contributed by atoms with Gasteiger partial charge in [0.1, 0.15) is 30.5 Å². The number of carbonyl (C=O) groups is 2. The fourth-order valence-corrected chi connectivity index (χ4v) is 6.68. The molecule has 12 nitrogen and oxygen atoms in total. The van der Waals surface area contributed by atoms with Gasteiger partial charge in [-0.15, -0.1) is 0 Å². The molecule has 0 aromatic heterocycles. The van der Waals surface area contributed by atoms with Gasteiger partial charge in [0, 0.05) is 33.5 Å². The molecule has 0 spiro atoms. The van der Waals surface area contributed by atoms with Crippen LogP contribution in [0.4, 0.5) is 0 Å². The molecule has 10 atom stereocenters. The molecule has 12 heteroatoms. The maximum Gasteiger partial charge on any atom is 0.303 e. The Balaban J connectivity index is 1.49. The largest absolute Gasteiger partial charge is 0.457 e. The average Bonchev–Trinajstić information content (AvgIpc) is 3.13. The van der Waals surface area contributed by atoms with Gasteiger partial charge in [0.2, 0.25) is 5.91 Å². The van der Waals surface area contributed by atoms with Crippen LogP contribution in [0.1, 0.15) is 37.0 Å². The van der Waals surface area contributed by atoms with Crippen molar-refractivity contribution in [2.75, 3.05) is 20.3 Å². The van der Waals surface area contributed by atoms with Gasteiger partial charge in [0.15, 0.2) is 12.4 Å². The second-order valence-electron chi connectivity index (χ2n) is 12.9. The van der Waals surface area contributed by atoms with E-state index in [2.05, 4.69) is 5.32 Å². The Labute approximate surface area is 298 Å². The highest BCUT2D eigenvalue weighted by Gasteiger charge is 2.53. The second-order valence-corrected chi connectivity index (χ2v) is 12.9. The molecule has 2 fully saturated rings. The quantitative estimate of drug-likeness (QED) is 0.188. The van der Waals surface area contributed by atoms with Gasteiger partial charge in [-0.25, -0.2) is 0 Å². The molecule has 3 aromatic carbocycles. The Morgan fingerprint density at radius 1 is 0.784 bits per heavy atom. The molecule has 2 aliphatic rings. The Morgan fingerprint density at radius 3 is 1.84 bits per heavy atom. The van der Waals surface area contributed by atoms with Gasteiger partial charge < -0.3 is 48.7 Å². The van der Waals surface area contributed by atoms with Crippen molar-refractivity contribution >= 4 is 11.9 Å². The minimum Gasteiger partial charge on any atom is -0.457 e. The van der Waals surface area contributed by atoms with E-state index in [0.717, 1.165) is 16.7 Å². The van der Waals surface area contributed by atoms with E-state index in [9.17, 15) is 19.8 Å². The molecule has 0 bridgehead atoms. The van der Waals surface area contributed by atoms with Crippen LogP contribution in [0.15, 0.2) is 91.0 Å². The normalized spacial score (nSPS) is 29.3. The SMILES string of the molecule is CO[C@@H]1O[C@H](COCc2ccccc2)[C@@H](O[C@@H]2C[C@H](CO)[C@@H](O)[C@H](OCc3ccccc3)[C@H]2OC(C)=O)[C@H](OCc2ccccc2)[C@H]1NC(C)=O. The zero-order valence-electron chi connectivity index (χ0n) is 29.2. The van der Waals surface area contributed by atoms with Gasteiger partial charge in [-0.3, -0.25) is 9.59 Å². The fraction of sp³-hybridized carbons (Fsp3) is 0.487. The summed E-state index contributed by atoms with van der Waals surface area (Å²) >= 11 is 0. The molecule has 5 rings (SSSR count). The van der Waals surface area contributed by atoms with E-state index >= 15 is 0 Å². The number of aliphatic hydroxyl groups excluding tert-OH is 2. The summed E-state index contributed by atoms with van der Waals surface area (Å²) in [5, 5.41) is 24.7. The molecule has 1 heterocycles. The van der Waals surface area contributed by atoms with E-state index in [1.165, 1.54) is 21.0 Å². The highest BCUT2D eigenvalue weighted by atomic mass is 16.7. The van der Waals surface area contributed by atoms with Crippen molar-refractivity contribution in [3.63, 3.8) is 0 Å². The molecule has 1 saturated carbocycles. The van der Waals surface area contributed by atoms with Crippen LogP contribution < -0.4 is 5.32 Å². The predicted octanol–water partition coefficient (Wildman–Crippen LogP) is 3.31. The number of hydrogen-bond donors (Lipinski definition) is 3.